The van der Waals surface area contributed by atoms with Gasteiger partial charge in [-0.05, 0) is 30.3 Å². The molecular weight excluding hydrogens is 340 g/mol. The number of benzene rings is 2. The molecule has 0 bridgehead atoms. The molecule has 4 rings (SSSR count). The Kier molecular flexibility index (Phi) is 3.54. The van der Waals surface area contributed by atoms with Gasteiger partial charge >= 0.3 is 0 Å². The third-order valence-electron chi connectivity index (χ3n) is 4.07. The zero-order valence-electron chi connectivity index (χ0n) is 13.0. The van der Waals surface area contributed by atoms with E-state index in [-0.39, 0.29) is 35.1 Å². The number of hydrogen-bond acceptors (Lipinski definition) is 4. The summed E-state index contributed by atoms with van der Waals surface area (Å²) in [6.45, 7) is 0.116. The molecule has 1 aliphatic rings. The number of halogens is 1. The molecule has 0 saturated heterocycles. The lowest BCUT2D eigenvalue weighted by atomic mass is 10.2. The molecule has 2 heterocycles. The topological polar surface area (TPSA) is 93.1 Å². The van der Waals surface area contributed by atoms with Gasteiger partial charge in [0.05, 0.1) is 23.0 Å². The molecule has 0 aliphatic carbocycles. The molecule has 0 spiro atoms. The zero-order valence-corrected chi connectivity index (χ0v) is 13.7. The van der Waals surface area contributed by atoms with Crippen molar-refractivity contribution in [2.75, 3.05) is 11.4 Å². The van der Waals surface area contributed by atoms with Gasteiger partial charge in [0, 0.05) is 10.7 Å². The molecule has 0 fully saturated rings. The highest BCUT2D eigenvalue weighted by Gasteiger charge is 2.31. The number of H-pyrrole nitrogens is 1. The molecule has 25 heavy (non-hydrogen) atoms. The van der Waals surface area contributed by atoms with Crippen molar-refractivity contribution in [3.63, 3.8) is 0 Å². The molecule has 0 unspecified atom stereocenters. The largest absolute Gasteiger partial charge is 0.509 e. The first kappa shape index (κ1) is 15.4. The fraction of sp³-hybridized carbons (Fsp3) is 0.0556. The zero-order chi connectivity index (χ0) is 17.6. The lowest BCUT2D eigenvalue weighted by Crippen LogP contribution is -2.26. The summed E-state index contributed by atoms with van der Waals surface area (Å²) in [6, 6.07) is 14.0. The van der Waals surface area contributed by atoms with Gasteiger partial charge in [-0.15, -0.1) is 0 Å². The standard InChI is InChI=1S/C18H13ClN4O2/c19-10-4-3-5-11(8-10)23-9-14(24)15(16(23)20)17-21-13-7-2-1-6-12(13)18(25)22-17/h1-8,20,24H,9H2,(H,21,22,25). The third-order valence-corrected chi connectivity index (χ3v) is 4.31. The number of hydrogen-bond donors (Lipinski definition) is 3. The number of rotatable bonds is 2. The second-order valence-corrected chi connectivity index (χ2v) is 6.10. The molecule has 6 nitrogen and oxygen atoms in total. The van der Waals surface area contributed by atoms with Crippen LogP contribution in [0.1, 0.15) is 5.82 Å². The average molecular weight is 353 g/mol. The van der Waals surface area contributed by atoms with Gasteiger partial charge in [0.1, 0.15) is 17.4 Å². The van der Waals surface area contributed by atoms with E-state index >= 15 is 0 Å². The average Bonchev–Trinajstić information content (AvgIpc) is 2.89. The Balaban J connectivity index is 1.79. The predicted molar refractivity (Wildman–Crippen MR) is 98.4 cm³/mol. The Labute approximate surface area is 147 Å². The van der Waals surface area contributed by atoms with Crippen LogP contribution in [0.5, 0.6) is 0 Å². The van der Waals surface area contributed by atoms with Crippen LogP contribution in [-0.4, -0.2) is 27.5 Å². The number of para-hydroxylation sites is 1. The maximum atomic E-state index is 12.3. The molecule has 0 amide bonds. The Morgan fingerprint density at radius 1 is 1.20 bits per heavy atom. The molecule has 124 valence electrons. The van der Waals surface area contributed by atoms with E-state index in [9.17, 15) is 9.90 Å². The molecular formula is C18H13ClN4O2. The number of amidine groups is 1. The van der Waals surface area contributed by atoms with Crippen molar-refractivity contribution in [3.05, 3.63) is 75.5 Å². The predicted octanol–water partition coefficient (Wildman–Crippen LogP) is 3.34. The fourth-order valence-electron chi connectivity index (χ4n) is 2.90. The summed E-state index contributed by atoms with van der Waals surface area (Å²) in [5.74, 6) is 0.206. The first-order valence-corrected chi connectivity index (χ1v) is 7.96. The monoisotopic (exact) mass is 352 g/mol. The minimum Gasteiger partial charge on any atom is -0.509 e. The van der Waals surface area contributed by atoms with E-state index in [1.807, 2.05) is 0 Å². The number of fused-ring (bicyclic) bond motifs is 1. The summed E-state index contributed by atoms with van der Waals surface area (Å²) >= 11 is 6.01. The second-order valence-electron chi connectivity index (χ2n) is 5.67. The van der Waals surface area contributed by atoms with Gasteiger partial charge in [-0.3, -0.25) is 10.2 Å². The highest BCUT2D eigenvalue weighted by Crippen LogP contribution is 2.30. The van der Waals surface area contributed by atoms with Crippen LogP contribution >= 0.6 is 11.6 Å². The van der Waals surface area contributed by atoms with E-state index in [1.165, 1.54) is 0 Å². The summed E-state index contributed by atoms with van der Waals surface area (Å²) in [5, 5.41) is 19.8. The molecule has 0 radical (unpaired) electrons. The first-order chi connectivity index (χ1) is 12.0. The highest BCUT2D eigenvalue weighted by molar-refractivity contribution is 6.32. The van der Waals surface area contributed by atoms with Crippen molar-refractivity contribution in [2.24, 2.45) is 0 Å². The van der Waals surface area contributed by atoms with Gasteiger partial charge in [0.25, 0.3) is 5.56 Å². The third kappa shape index (κ3) is 2.56. The quantitative estimate of drug-likeness (QED) is 0.659. The second kappa shape index (κ2) is 5.75. The number of aliphatic hydroxyl groups is 1. The van der Waals surface area contributed by atoms with E-state index < -0.39 is 0 Å². The number of aromatic nitrogens is 2. The maximum absolute atomic E-state index is 12.3. The molecule has 2 aromatic carbocycles. The lowest BCUT2D eigenvalue weighted by Gasteiger charge is -2.18. The van der Waals surface area contributed by atoms with Gasteiger partial charge in [-0.1, -0.05) is 29.8 Å². The van der Waals surface area contributed by atoms with Crippen LogP contribution in [0.4, 0.5) is 5.69 Å². The molecule has 7 heteroatoms. The van der Waals surface area contributed by atoms with Gasteiger partial charge in [0.2, 0.25) is 0 Å². The summed E-state index contributed by atoms with van der Waals surface area (Å²) in [7, 11) is 0. The Morgan fingerprint density at radius 3 is 2.80 bits per heavy atom. The van der Waals surface area contributed by atoms with Gasteiger partial charge in [0.15, 0.2) is 0 Å². The minimum absolute atomic E-state index is 0.0246. The summed E-state index contributed by atoms with van der Waals surface area (Å²) in [4.78, 5) is 20.9. The van der Waals surface area contributed by atoms with E-state index in [4.69, 9.17) is 17.0 Å². The number of aromatic amines is 1. The molecule has 0 atom stereocenters. The molecule has 0 saturated carbocycles. The molecule has 1 aromatic heterocycles. The van der Waals surface area contributed by atoms with Crippen molar-refractivity contribution < 1.29 is 5.11 Å². The summed E-state index contributed by atoms with van der Waals surface area (Å²) in [5.41, 5.74) is 1.09. The summed E-state index contributed by atoms with van der Waals surface area (Å²) in [6.07, 6.45) is 0. The van der Waals surface area contributed by atoms with Gasteiger partial charge in [-0.2, -0.15) is 0 Å². The Bertz CT molecular complexity index is 1100. The van der Waals surface area contributed by atoms with Crippen molar-refractivity contribution in [1.29, 1.82) is 5.41 Å². The number of anilines is 1. The van der Waals surface area contributed by atoms with Crippen LogP contribution in [-0.2, 0) is 0 Å². The van der Waals surface area contributed by atoms with E-state index in [0.717, 1.165) is 0 Å². The number of nitrogens with zero attached hydrogens (tertiary/aromatic N) is 2. The maximum Gasteiger partial charge on any atom is 0.259 e. The van der Waals surface area contributed by atoms with Crippen molar-refractivity contribution in [1.82, 2.24) is 9.97 Å². The fourth-order valence-corrected chi connectivity index (χ4v) is 3.08. The van der Waals surface area contributed by atoms with Crippen LogP contribution in [0, 0.1) is 5.41 Å². The van der Waals surface area contributed by atoms with Gasteiger partial charge < -0.3 is 15.0 Å². The van der Waals surface area contributed by atoms with E-state index in [0.29, 0.717) is 21.6 Å². The van der Waals surface area contributed by atoms with Crippen LogP contribution < -0.4 is 10.5 Å². The molecule has 3 aromatic rings. The summed E-state index contributed by atoms with van der Waals surface area (Å²) < 4.78 is 0. The molecule has 1 aliphatic heterocycles. The number of aliphatic hydroxyl groups excluding tert-OH is 1. The first-order valence-electron chi connectivity index (χ1n) is 7.58. The van der Waals surface area contributed by atoms with Crippen LogP contribution in [0.3, 0.4) is 0 Å². The Hall–Kier alpha value is -3.12. The van der Waals surface area contributed by atoms with Crippen LogP contribution in [0.15, 0.2) is 59.1 Å². The van der Waals surface area contributed by atoms with Crippen LogP contribution in [0.2, 0.25) is 5.02 Å². The van der Waals surface area contributed by atoms with Gasteiger partial charge in [-0.25, -0.2) is 4.98 Å². The van der Waals surface area contributed by atoms with Crippen molar-refractivity contribution in [2.45, 2.75) is 0 Å². The van der Waals surface area contributed by atoms with Crippen LogP contribution in [0.25, 0.3) is 16.5 Å². The van der Waals surface area contributed by atoms with E-state index in [2.05, 4.69) is 9.97 Å². The van der Waals surface area contributed by atoms with Crippen molar-refractivity contribution in [3.8, 4) is 0 Å². The molecule has 3 N–H and O–H groups in total. The number of nitrogens with one attached hydrogen (secondary N) is 2. The normalized spacial score (nSPS) is 14.6. The SMILES string of the molecule is N=C1C(c2nc3ccccc3c(=O)[nH]2)=C(O)CN1c1cccc(Cl)c1. The van der Waals surface area contributed by atoms with E-state index in [1.54, 1.807) is 53.4 Å². The lowest BCUT2D eigenvalue weighted by molar-refractivity contribution is 0.411. The smallest absolute Gasteiger partial charge is 0.259 e. The highest BCUT2D eigenvalue weighted by atomic mass is 35.5. The Morgan fingerprint density at radius 2 is 2.00 bits per heavy atom. The van der Waals surface area contributed by atoms with Crippen molar-refractivity contribution >= 4 is 39.6 Å². The minimum atomic E-state index is -0.310.